The smallest absolute Gasteiger partial charge is 0.234 e. The first kappa shape index (κ1) is 20.2. The van der Waals surface area contributed by atoms with E-state index in [0.29, 0.717) is 5.69 Å². The van der Waals surface area contributed by atoms with Gasteiger partial charge in [0.2, 0.25) is 11.8 Å². The number of imide groups is 1. The number of piperidine rings is 1. The van der Waals surface area contributed by atoms with Crippen LogP contribution in [0.2, 0.25) is 0 Å². The van der Waals surface area contributed by atoms with Crippen LogP contribution in [0.25, 0.3) is 0 Å². The number of nitrogens with zero attached hydrogens (tertiary/aromatic N) is 2. The maximum Gasteiger partial charge on any atom is 0.234 e. The molecule has 6 heteroatoms. The highest BCUT2D eigenvalue weighted by Gasteiger charge is 2.37. The standard InChI is InChI=1S/C25H29N3O3/c26-18-5-3-15-27(16-18)22-12-7-17-4-1-2-6-21(17)25(22)31-20-10-8-19(9-11-20)28-23(29)13-14-24(28)30/h1-2,4,6,8-11,18,22,25H,3,5,7,12-16,26H2/t18-,22+,25+/m1/s1. The molecular formula is C25H29N3O3. The van der Waals surface area contributed by atoms with E-state index < -0.39 is 0 Å². The number of hydrogen-bond donors (Lipinski definition) is 1. The van der Waals surface area contributed by atoms with Crippen LogP contribution in [0.3, 0.4) is 0 Å². The summed E-state index contributed by atoms with van der Waals surface area (Å²) in [7, 11) is 0. The van der Waals surface area contributed by atoms with E-state index in [2.05, 4.69) is 29.2 Å². The van der Waals surface area contributed by atoms with Crippen molar-refractivity contribution in [3.05, 3.63) is 59.7 Å². The van der Waals surface area contributed by atoms with Crippen molar-refractivity contribution in [1.82, 2.24) is 4.90 Å². The highest BCUT2D eigenvalue weighted by Crippen LogP contribution is 2.38. The number of carbonyl (C=O) groups is 2. The number of likely N-dealkylation sites (tertiary alicyclic amines) is 1. The van der Waals surface area contributed by atoms with Crippen LogP contribution in [0.1, 0.15) is 49.3 Å². The number of benzene rings is 2. The van der Waals surface area contributed by atoms with Gasteiger partial charge in [-0.1, -0.05) is 24.3 Å². The topological polar surface area (TPSA) is 75.9 Å². The van der Waals surface area contributed by atoms with Gasteiger partial charge in [0.05, 0.1) is 11.7 Å². The molecule has 2 aromatic carbocycles. The lowest BCUT2D eigenvalue weighted by atomic mass is 9.84. The van der Waals surface area contributed by atoms with Gasteiger partial charge in [-0.25, -0.2) is 0 Å². The van der Waals surface area contributed by atoms with Crippen molar-refractivity contribution < 1.29 is 14.3 Å². The van der Waals surface area contributed by atoms with E-state index in [1.54, 1.807) is 12.1 Å². The summed E-state index contributed by atoms with van der Waals surface area (Å²) in [4.78, 5) is 27.8. The van der Waals surface area contributed by atoms with Gasteiger partial charge in [0, 0.05) is 25.4 Å². The minimum atomic E-state index is -0.138. The third-order valence-corrected chi connectivity index (χ3v) is 6.79. The van der Waals surface area contributed by atoms with Gasteiger partial charge in [0.25, 0.3) is 0 Å². The van der Waals surface area contributed by atoms with Crippen molar-refractivity contribution >= 4 is 17.5 Å². The molecule has 31 heavy (non-hydrogen) atoms. The zero-order valence-electron chi connectivity index (χ0n) is 17.7. The van der Waals surface area contributed by atoms with E-state index in [0.717, 1.165) is 44.5 Å². The molecule has 2 aromatic rings. The molecule has 2 saturated heterocycles. The Bertz CT molecular complexity index is 958. The van der Waals surface area contributed by atoms with Crippen LogP contribution in [0.5, 0.6) is 5.75 Å². The maximum atomic E-state index is 12.0. The van der Waals surface area contributed by atoms with Crippen molar-refractivity contribution in [2.75, 3.05) is 18.0 Å². The zero-order valence-corrected chi connectivity index (χ0v) is 17.7. The first-order valence-corrected chi connectivity index (χ1v) is 11.3. The molecule has 0 saturated carbocycles. The molecule has 2 heterocycles. The number of anilines is 1. The minimum absolute atomic E-state index is 0.0730. The molecule has 2 N–H and O–H groups in total. The van der Waals surface area contributed by atoms with Crippen LogP contribution in [0, 0.1) is 0 Å². The zero-order chi connectivity index (χ0) is 21.4. The molecule has 2 fully saturated rings. The number of aryl methyl sites for hydroxylation is 1. The molecule has 0 unspecified atom stereocenters. The predicted octanol–water partition coefficient (Wildman–Crippen LogP) is 3.20. The van der Waals surface area contributed by atoms with Crippen LogP contribution in [0.15, 0.2) is 48.5 Å². The number of fused-ring (bicyclic) bond motifs is 1. The molecular weight excluding hydrogens is 390 g/mol. The van der Waals surface area contributed by atoms with E-state index in [1.165, 1.54) is 16.0 Å². The second kappa shape index (κ2) is 8.44. The van der Waals surface area contributed by atoms with Crippen LogP contribution < -0.4 is 15.4 Å². The number of rotatable bonds is 4. The van der Waals surface area contributed by atoms with Crippen LogP contribution in [0.4, 0.5) is 5.69 Å². The Morgan fingerprint density at radius 3 is 2.39 bits per heavy atom. The van der Waals surface area contributed by atoms with E-state index in [1.807, 2.05) is 12.1 Å². The van der Waals surface area contributed by atoms with Gasteiger partial charge < -0.3 is 10.5 Å². The molecule has 0 bridgehead atoms. The molecule has 6 nitrogen and oxygen atoms in total. The molecule has 3 aliphatic rings. The molecule has 1 aliphatic carbocycles. The van der Waals surface area contributed by atoms with Gasteiger partial charge in [-0.05, 0) is 67.6 Å². The Morgan fingerprint density at radius 1 is 0.903 bits per heavy atom. The largest absolute Gasteiger partial charge is 0.484 e. The SMILES string of the molecule is N[C@@H]1CCCN([C@H]2CCc3ccccc3[C@@H]2Oc2ccc(N3C(=O)CCC3=O)cc2)C1. The minimum Gasteiger partial charge on any atom is -0.484 e. The maximum absolute atomic E-state index is 12.0. The van der Waals surface area contributed by atoms with Crippen LogP contribution >= 0.6 is 0 Å². The first-order valence-electron chi connectivity index (χ1n) is 11.3. The second-order valence-corrected chi connectivity index (χ2v) is 8.86. The fraction of sp³-hybridized carbons (Fsp3) is 0.440. The summed E-state index contributed by atoms with van der Waals surface area (Å²) >= 11 is 0. The number of carbonyl (C=O) groups excluding carboxylic acids is 2. The third kappa shape index (κ3) is 3.98. The third-order valence-electron chi connectivity index (χ3n) is 6.79. The summed E-state index contributed by atoms with van der Waals surface area (Å²) in [5.74, 6) is 0.471. The average Bonchev–Trinajstić information content (AvgIpc) is 3.12. The quantitative estimate of drug-likeness (QED) is 0.771. The second-order valence-electron chi connectivity index (χ2n) is 8.86. The van der Waals surface area contributed by atoms with E-state index in [-0.39, 0.29) is 42.8 Å². The fourth-order valence-electron chi connectivity index (χ4n) is 5.24. The fourth-order valence-corrected chi connectivity index (χ4v) is 5.24. The molecule has 2 aliphatic heterocycles. The lowest BCUT2D eigenvalue weighted by Crippen LogP contribution is -2.51. The Hall–Kier alpha value is -2.70. The number of amides is 2. The lowest BCUT2D eigenvalue weighted by molar-refractivity contribution is -0.121. The van der Waals surface area contributed by atoms with E-state index in [4.69, 9.17) is 10.5 Å². The Morgan fingerprint density at radius 2 is 1.65 bits per heavy atom. The molecule has 2 amide bonds. The van der Waals surface area contributed by atoms with Crippen LogP contribution in [-0.4, -0.2) is 41.9 Å². The number of hydrogen-bond acceptors (Lipinski definition) is 5. The summed E-state index contributed by atoms with van der Waals surface area (Å²) in [5, 5.41) is 0. The Kier molecular flexibility index (Phi) is 5.50. The molecule has 5 rings (SSSR count). The summed E-state index contributed by atoms with van der Waals surface area (Å²) in [6.45, 7) is 1.96. The normalized spacial score (nSPS) is 26.7. The van der Waals surface area contributed by atoms with Gasteiger partial charge in [0.1, 0.15) is 11.9 Å². The van der Waals surface area contributed by atoms with Crippen LogP contribution in [-0.2, 0) is 16.0 Å². The van der Waals surface area contributed by atoms with Crippen molar-refractivity contribution in [2.24, 2.45) is 5.73 Å². The molecule has 162 valence electrons. The lowest BCUT2D eigenvalue weighted by Gasteiger charge is -2.43. The Labute approximate surface area is 183 Å². The van der Waals surface area contributed by atoms with Crippen molar-refractivity contribution in [3.8, 4) is 5.75 Å². The van der Waals surface area contributed by atoms with E-state index >= 15 is 0 Å². The molecule has 0 radical (unpaired) electrons. The monoisotopic (exact) mass is 419 g/mol. The van der Waals surface area contributed by atoms with Gasteiger partial charge in [-0.3, -0.25) is 19.4 Å². The molecule has 0 spiro atoms. The van der Waals surface area contributed by atoms with Gasteiger partial charge in [0.15, 0.2) is 0 Å². The summed E-state index contributed by atoms with van der Waals surface area (Å²) in [6, 6.07) is 16.4. The summed E-state index contributed by atoms with van der Waals surface area (Å²) < 4.78 is 6.58. The first-order chi connectivity index (χ1) is 15.1. The number of nitrogens with two attached hydrogens (primary N) is 1. The van der Waals surface area contributed by atoms with Crippen molar-refractivity contribution in [1.29, 1.82) is 0 Å². The van der Waals surface area contributed by atoms with Crippen molar-refractivity contribution in [2.45, 2.75) is 56.7 Å². The highest BCUT2D eigenvalue weighted by atomic mass is 16.5. The number of ether oxygens (including phenoxy) is 1. The highest BCUT2D eigenvalue weighted by molar-refractivity contribution is 6.19. The van der Waals surface area contributed by atoms with E-state index in [9.17, 15) is 9.59 Å². The molecule has 0 aromatic heterocycles. The van der Waals surface area contributed by atoms with Gasteiger partial charge in [-0.15, -0.1) is 0 Å². The Balaban J connectivity index is 1.40. The average molecular weight is 420 g/mol. The van der Waals surface area contributed by atoms with Gasteiger partial charge >= 0.3 is 0 Å². The molecule has 3 atom stereocenters. The van der Waals surface area contributed by atoms with Crippen molar-refractivity contribution in [3.63, 3.8) is 0 Å². The summed E-state index contributed by atoms with van der Waals surface area (Å²) in [5.41, 5.74) is 9.48. The van der Waals surface area contributed by atoms with Gasteiger partial charge in [-0.2, -0.15) is 0 Å². The summed E-state index contributed by atoms with van der Waals surface area (Å²) in [6.07, 6.45) is 4.80. The predicted molar refractivity (Wildman–Crippen MR) is 119 cm³/mol.